The molecule has 0 radical (unpaired) electrons. The van der Waals surface area contributed by atoms with Crippen LogP contribution in [0.4, 0.5) is 0 Å². The Hall–Kier alpha value is -1.02. The zero-order valence-electron chi connectivity index (χ0n) is 10.2. The van der Waals surface area contributed by atoms with E-state index >= 15 is 0 Å². The Morgan fingerprint density at radius 1 is 1.50 bits per heavy atom. The van der Waals surface area contributed by atoms with E-state index in [9.17, 15) is 0 Å². The van der Waals surface area contributed by atoms with Gasteiger partial charge in [0.15, 0.2) is 0 Å². The predicted molar refractivity (Wildman–Crippen MR) is 67.1 cm³/mol. The van der Waals surface area contributed by atoms with E-state index in [2.05, 4.69) is 25.2 Å². The van der Waals surface area contributed by atoms with Gasteiger partial charge >= 0.3 is 0 Å². The summed E-state index contributed by atoms with van der Waals surface area (Å²) in [4.78, 5) is 0. The van der Waals surface area contributed by atoms with Crippen molar-refractivity contribution in [2.45, 2.75) is 26.7 Å². The van der Waals surface area contributed by atoms with Gasteiger partial charge in [-0.3, -0.25) is 0 Å². The molecule has 2 rings (SSSR count). The van der Waals surface area contributed by atoms with Crippen LogP contribution in [0.5, 0.6) is 0 Å². The fourth-order valence-corrected chi connectivity index (χ4v) is 2.08. The van der Waals surface area contributed by atoms with Gasteiger partial charge in [-0.2, -0.15) is 0 Å². The Balaban J connectivity index is 1.66. The van der Waals surface area contributed by atoms with Gasteiger partial charge in [-0.05, 0) is 42.4 Å². The minimum atomic E-state index is 0.596. The summed E-state index contributed by atoms with van der Waals surface area (Å²) in [5, 5.41) is 3.50. The van der Waals surface area contributed by atoms with E-state index in [0.29, 0.717) is 5.41 Å². The summed E-state index contributed by atoms with van der Waals surface area (Å²) >= 11 is 0. The Morgan fingerprint density at radius 2 is 2.31 bits per heavy atom. The molecule has 0 atom stereocenters. The van der Waals surface area contributed by atoms with Gasteiger partial charge < -0.3 is 9.73 Å². The van der Waals surface area contributed by atoms with Crippen molar-refractivity contribution in [3.8, 4) is 0 Å². The molecule has 0 aromatic carbocycles. The molecular formula is C14H21NO. The largest absolute Gasteiger partial charge is 0.465 e. The Kier molecular flexibility index (Phi) is 3.49. The maximum Gasteiger partial charge on any atom is 0.126 e. The molecule has 1 aliphatic rings. The molecule has 2 heteroatoms. The second-order valence-corrected chi connectivity index (χ2v) is 5.07. The highest BCUT2D eigenvalue weighted by Crippen LogP contribution is 2.51. The first-order valence-corrected chi connectivity index (χ1v) is 6.14. The van der Waals surface area contributed by atoms with Crippen molar-refractivity contribution in [1.29, 1.82) is 0 Å². The minimum Gasteiger partial charge on any atom is -0.465 e. The molecule has 0 bridgehead atoms. The standard InChI is InChI=1S/C14H21NO/c1-12(2)14(7-8-14)11-15-9-3-5-13-6-4-10-16-13/h3-6,10,12,15H,7-9,11H2,1-2H3/b5-3+. The maximum absolute atomic E-state index is 5.22. The first-order valence-electron chi connectivity index (χ1n) is 6.14. The summed E-state index contributed by atoms with van der Waals surface area (Å²) in [6, 6.07) is 3.87. The normalized spacial score (nSPS) is 18.4. The third kappa shape index (κ3) is 2.76. The molecule has 1 fully saturated rings. The summed E-state index contributed by atoms with van der Waals surface area (Å²) in [6.07, 6.45) is 8.61. The van der Waals surface area contributed by atoms with Gasteiger partial charge in [0.05, 0.1) is 6.26 Å². The van der Waals surface area contributed by atoms with E-state index in [-0.39, 0.29) is 0 Å². The molecule has 2 nitrogen and oxygen atoms in total. The van der Waals surface area contributed by atoms with Crippen LogP contribution in [-0.4, -0.2) is 13.1 Å². The minimum absolute atomic E-state index is 0.596. The summed E-state index contributed by atoms with van der Waals surface area (Å²) in [7, 11) is 0. The van der Waals surface area contributed by atoms with Crippen LogP contribution >= 0.6 is 0 Å². The fourth-order valence-electron chi connectivity index (χ4n) is 2.08. The van der Waals surface area contributed by atoms with E-state index in [1.54, 1.807) is 6.26 Å². The van der Waals surface area contributed by atoms with Crippen LogP contribution in [0.1, 0.15) is 32.4 Å². The van der Waals surface area contributed by atoms with E-state index in [0.717, 1.165) is 24.8 Å². The van der Waals surface area contributed by atoms with Gasteiger partial charge in [0.1, 0.15) is 5.76 Å². The second kappa shape index (κ2) is 4.88. The van der Waals surface area contributed by atoms with Crippen LogP contribution in [0, 0.1) is 11.3 Å². The van der Waals surface area contributed by atoms with Crippen LogP contribution in [0.3, 0.4) is 0 Å². The van der Waals surface area contributed by atoms with Crippen molar-refractivity contribution in [2.24, 2.45) is 11.3 Å². The molecule has 0 unspecified atom stereocenters. The van der Waals surface area contributed by atoms with E-state index in [1.165, 1.54) is 12.8 Å². The van der Waals surface area contributed by atoms with E-state index < -0.39 is 0 Å². The third-order valence-corrected chi connectivity index (χ3v) is 3.68. The van der Waals surface area contributed by atoms with Crippen molar-refractivity contribution in [3.05, 3.63) is 30.2 Å². The monoisotopic (exact) mass is 219 g/mol. The number of hydrogen-bond donors (Lipinski definition) is 1. The molecule has 16 heavy (non-hydrogen) atoms. The lowest BCUT2D eigenvalue weighted by Gasteiger charge is -2.19. The SMILES string of the molecule is CC(C)C1(CNC/C=C/c2ccco2)CC1. The lowest BCUT2D eigenvalue weighted by Crippen LogP contribution is -2.27. The Morgan fingerprint density at radius 3 is 2.88 bits per heavy atom. The quantitative estimate of drug-likeness (QED) is 0.742. The van der Waals surface area contributed by atoms with Gasteiger partial charge in [0.25, 0.3) is 0 Å². The van der Waals surface area contributed by atoms with Crippen molar-refractivity contribution in [1.82, 2.24) is 5.32 Å². The number of nitrogens with one attached hydrogen (secondary N) is 1. The molecule has 0 spiro atoms. The number of rotatable bonds is 6. The molecule has 1 aromatic rings. The summed E-state index contributed by atoms with van der Waals surface area (Å²) < 4.78 is 5.22. The van der Waals surface area contributed by atoms with Gasteiger partial charge in [0, 0.05) is 13.1 Å². The summed E-state index contributed by atoms with van der Waals surface area (Å²) in [5.74, 6) is 1.72. The molecule has 1 heterocycles. The van der Waals surface area contributed by atoms with Crippen LogP contribution in [0.25, 0.3) is 6.08 Å². The third-order valence-electron chi connectivity index (χ3n) is 3.68. The Bertz CT molecular complexity index is 334. The molecule has 0 amide bonds. The highest BCUT2D eigenvalue weighted by Gasteiger charge is 2.44. The van der Waals surface area contributed by atoms with Crippen molar-refractivity contribution >= 4 is 6.08 Å². The van der Waals surface area contributed by atoms with Crippen molar-refractivity contribution < 1.29 is 4.42 Å². The highest BCUT2D eigenvalue weighted by molar-refractivity contribution is 5.42. The van der Waals surface area contributed by atoms with E-state index in [4.69, 9.17) is 4.42 Å². The average Bonchev–Trinajstić information content (AvgIpc) is 2.87. The first kappa shape index (κ1) is 11.5. The van der Waals surface area contributed by atoms with E-state index in [1.807, 2.05) is 18.2 Å². The molecule has 1 aliphatic carbocycles. The smallest absolute Gasteiger partial charge is 0.126 e. The first-order chi connectivity index (χ1) is 7.73. The zero-order valence-corrected chi connectivity index (χ0v) is 10.2. The predicted octanol–water partition coefficient (Wildman–Crippen LogP) is 3.32. The molecule has 88 valence electrons. The summed E-state index contributed by atoms with van der Waals surface area (Å²) in [6.45, 7) is 6.73. The molecular weight excluding hydrogens is 198 g/mol. The van der Waals surface area contributed by atoms with Crippen molar-refractivity contribution in [2.75, 3.05) is 13.1 Å². The molecule has 0 saturated heterocycles. The Labute approximate surface area is 97.7 Å². The number of furan rings is 1. The van der Waals surface area contributed by atoms with Crippen LogP contribution in [0.2, 0.25) is 0 Å². The lowest BCUT2D eigenvalue weighted by molar-refractivity contribution is 0.344. The maximum atomic E-state index is 5.22. The van der Waals surface area contributed by atoms with Crippen LogP contribution in [-0.2, 0) is 0 Å². The van der Waals surface area contributed by atoms with Crippen molar-refractivity contribution in [3.63, 3.8) is 0 Å². The second-order valence-electron chi connectivity index (χ2n) is 5.07. The van der Waals surface area contributed by atoms with Gasteiger partial charge in [-0.15, -0.1) is 0 Å². The highest BCUT2D eigenvalue weighted by atomic mass is 16.3. The number of hydrogen-bond acceptors (Lipinski definition) is 2. The van der Waals surface area contributed by atoms with Gasteiger partial charge in [0.2, 0.25) is 0 Å². The fraction of sp³-hybridized carbons (Fsp3) is 0.571. The molecule has 1 saturated carbocycles. The lowest BCUT2D eigenvalue weighted by atomic mass is 9.92. The topological polar surface area (TPSA) is 25.2 Å². The molecule has 0 aliphatic heterocycles. The molecule has 1 N–H and O–H groups in total. The molecule has 1 aromatic heterocycles. The van der Waals surface area contributed by atoms with Crippen LogP contribution in [0.15, 0.2) is 28.9 Å². The average molecular weight is 219 g/mol. The van der Waals surface area contributed by atoms with Gasteiger partial charge in [-0.25, -0.2) is 0 Å². The van der Waals surface area contributed by atoms with Crippen LogP contribution < -0.4 is 5.32 Å². The zero-order chi connectivity index (χ0) is 11.4. The summed E-state index contributed by atoms with van der Waals surface area (Å²) in [5.41, 5.74) is 0.596. The van der Waals surface area contributed by atoms with Gasteiger partial charge in [-0.1, -0.05) is 19.9 Å².